The van der Waals surface area contributed by atoms with Crippen molar-refractivity contribution in [2.24, 2.45) is 0 Å². The number of pyridine rings is 1. The number of anilines is 1. The number of rotatable bonds is 4. The van der Waals surface area contributed by atoms with Crippen LogP contribution in [0.2, 0.25) is 0 Å². The third kappa shape index (κ3) is 4.87. The van der Waals surface area contributed by atoms with Gasteiger partial charge in [-0.25, -0.2) is 23.8 Å². The first kappa shape index (κ1) is 23.3. The predicted molar refractivity (Wildman–Crippen MR) is 119 cm³/mol. The van der Waals surface area contributed by atoms with Gasteiger partial charge < -0.3 is 24.4 Å². The van der Waals surface area contributed by atoms with Crippen molar-refractivity contribution in [1.29, 1.82) is 0 Å². The normalized spacial score (nSPS) is 18.1. The summed E-state index contributed by atoms with van der Waals surface area (Å²) in [6.07, 6.45) is 0.957. The number of benzene rings is 1. The Morgan fingerprint density at radius 1 is 1.15 bits per heavy atom. The van der Waals surface area contributed by atoms with Gasteiger partial charge in [0.05, 0.1) is 24.3 Å². The van der Waals surface area contributed by atoms with E-state index in [-0.39, 0.29) is 29.1 Å². The monoisotopic (exact) mass is 472 g/mol. The number of fused-ring (bicyclic) bond motifs is 1. The number of nitrogens with zero attached hydrogens (tertiary/aromatic N) is 4. The van der Waals surface area contributed by atoms with Crippen LogP contribution in [-0.4, -0.2) is 75.8 Å². The van der Waals surface area contributed by atoms with Gasteiger partial charge in [-0.1, -0.05) is 0 Å². The van der Waals surface area contributed by atoms with Crippen LogP contribution in [0.5, 0.6) is 11.5 Å². The molecule has 10 nitrogen and oxygen atoms in total. The molecule has 0 bridgehead atoms. The van der Waals surface area contributed by atoms with Gasteiger partial charge in [-0.3, -0.25) is 4.90 Å². The van der Waals surface area contributed by atoms with Crippen LogP contribution >= 0.6 is 0 Å². The van der Waals surface area contributed by atoms with E-state index in [0.717, 1.165) is 6.07 Å². The number of hydrogen-bond donors (Lipinski definition) is 1. The number of ether oxygens (including phenoxy) is 2. The van der Waals surface area contributed by atoms with Crippen LogP contribution in [-0.2, 0) is 4.74 Å². The summed E-state index contributed by atoms with van der Waals surface area (Å²) in [5.41, 5.74) is -0.784. The summed E-state index contributed by atoms with van der Waals surface area (Å²) in [5, 5.41) is 8.93. The average molecular weight is 472 g/mol. The quantitative estimate of drug-likeness (QED) is 0.724. The summed E-state index contributed by atoms with van der Waals surface area (Å²) in [7, 11) is 0. The lowest BCUT2D eigenvalue weighted by Gasteiger charge is -2.36. The number of carboxylic acid groups (broad SMARTS) is 1. The van der Waals surface area contributed by atoms with Crippen molar-refractivity contribution in [3.8, 4) is 11.5 Å². The number of carbonyl (C=O) groups is 3. The molecule has 180 valence electrons. The minimum Gasteiger partial charge on any atom is -0.478 e. The standard InChI is InChI=1S/C23H25FN4O6/c1-23(2,3)34-22(32)26-8-9-27-15(12-26)13-28(21(27)31)19-7-5-16(11-25-19)33-18-6-4-14(20(29)30)10-17(18)24/h4-7,10-11,15H,8-9,12-13H2,1-3H3,(H,29,30). The van der Waals surface area contributed by atoms with Crippen molar-refractivity contribution in [3.63, 3.8) is 0 Å². The molecular formula is C23H25FN4O6. The number of piperazine rings is 1. The molecule has 4 rings (SSSR count). The second-order valence-electron chi connectivity index (χ2n) is 9.07. The Balaban J connectivity index is 1.41. The lowest BCUT2D eigenvalue weighted by molar-refractivity contribution is 0.0128. The molecule has 2 saturated heterocycles. The highest BCUT2D eigenvalue weighted by atomic mass is 19.1. The van der Waals surface area contributed by atoms with Crippen LogP contribution in [0.25, 0.3) is 0 Å². The smallest absolute Gasteiger partial charge is 0.410 e. The zero-order valence-corrected chi connectivity index (χ0v) is 19.0. The molecule has 1 atom stereocenters. The van der Waals surface area contributed by atoms with Crippen molar-refractivity contribution in [1.82, 2.24) is 14.8 Å². The Bertz CT molecular complexity index is 1120. The molecule has 0 spiro atoms. The summed E-state index contributed by atoms with van der Waals surface area (Å²) < 4.78 is 25.0. The maximum Gasteiger partial charge on any atom is 0.410 e. The molecule has 34 heavy (non-hydrogen) atoms. The highest BCUT2D eigenvalue weighted by Crippen LogP contribution is 2.29. The van der Waals surface area contributed by atoms with Crippen molar-refractivity contribution in [2.75, 3.05) is 31.1 Å². The first-order valence-corrected chi connectivity index (χ1v) is 10.7. The van der Waals surface area contributed by atoms with Crippen LogP contribution in [0.3, 0.4) is 0 Å². The van der Waals surface area contributed by atoms with Gasteiger partial charge in [0.2, 0.25) is 0 Å². The van der Waals surface area contributed by atoms with E-state index in [0.29, 0.717) is 32.0 Å². The first-order chi connectivity index (χ1) is 16.0. The van der Waals surface area contributed by atoms with Gasteiger partial charge in [-0.05, 0) is 51.1 Å². The second-order valence-corrected chi connectivity index (χ2v) is 9.07. The molecule has 1 unspecified atom stereocenters. The van der Waals surface area contributed by atoms with Crippen molar-refractivity contribution >= 4 is 23.9 Å². The van der Waals surface area contributed by atoms with E-state index in [9.17, 15) is 18.8 Å². The summed E-state index contributed by atoms with van der Waals surface area (Å²) in [6.45, 7) is 6.92. The SMILES string of the molecule is CC(C)(C)OC(=O)N1CCN2C(=O)N(c3ccc(Oc4ccc(C(=O)O)cc4F)cn3)CC2C1. The lowest BCUT2D eigenvalue weighted by atomic mass is 10.2. The minimum atomic E-state index is -1.24. The van der Waals surface area contributed by atoms with Crippen LogP contribution in [0.4, 0.5) is 19.8 Å². The fourth-order valence-electron chi connectivity index (χ4n) is 3.83. The number of aromatic nitrogens is 1. The van der Waals surface area contributed by atoms with Gasteiger partial charge >= 0.3 is 18.1 Å². The molecule has 2 fully saturated rings. The number of urea groups is 1. The van der Waals surface area contributed by atoms with Crippen LogP contribution in [0.1, 0.15) is 31.1 Å². The molecule has 3 amide bonds. The van der Waals surface area contributed by atoms with E-state index in [1.807, 2.05) is 0 Å². The number of hydrogen-bond acceptors (Lipinski definition) is 6. The molecule has 11 heteroatoms. The van der Waals surface area contributed by atoms with Crippen molar-refractivity contribution < 1.29 is 33.4 Å². The molecule has 0 radical (unpaired) electrons. The number of aromatic carboxylic acids is 1. The fourth-order valence-corrected chi connectivity index (χ4v) is 3.83. The molecule has 2 aliphatic rings. The topological polar surface area (TPSA) is 113 Å². The largest absolute Gasteiger partial charge is 0.478 e. The van der Waals surface area contributed by atoms with Crippen LogP contribution < -0.4 is 9.64 Å². The number of carboxylic acids is 1. The summed E-state index contributed by atoms with van der Waals surface area (Å²) in [6, 6.07) is 6.08. The highest BCUT2D eigenvalue weighted by molar-refractivity contribution is 5.94. The molecule has 1 aromatic heterocycles. The van der Waals surface area contributed by atoms with Gasteiger partial charge in [-0.2, -0.15) is 0 Å². The highest BCUT2D eigenvalue weighted by Gasteiger charge is 2.43. The van der Waals surface area contributed by atoms with E-state index in [2.05, 4.69) is 4.98 Å². The number of amides is 3. The molecule has 1 aromatic carbocycles. The molecule has 0 saturated carbocycles. The fraction of sp³-hybridized carbons (Fsp3) is 0.391. The number of halogens is 1. The second kappa shape index (κ2) is 8.81. The molecular weight excluding hydrogens is 447 g/mol. The van der Waals surface area contributed by atoms with E-state index in [1.54, 1.807) is 42.7 Å². The maximum atomic E-state index is 14.1. The van der Waals surface area contributed by atoms with Crippen molar-refractivity contribution in [2.45, 2.75) is 32.4 Å². The van der Waals surface area contributed by atoms with Crippen LogP contribution in [0, 0.1) is 5.82 Å². The van der Waals surface area contributed by atoms with Gasteiger partial charge in [0.25, 0.3) is 0 Å². The van der Waals surface area contributed by atoms with E-state index >= 15 is 0 Å². The summed E-state index contributed by atoms with van der Waals surface area (Å²) >= 11 is 0. The Morgan fingerprint density at radius 2 is 1.91 bits per heavy atom. The lowest BCUT2D eigenvalue weighted by Crippen LogP contribution is -2.54. The number of carbonyl (C=O) groups excluding carboxylic acids is 2. The summed E-state index contributed by atoms with van der Waals surface area (Å²) in [5.74, 6) is -1.57. The van der Waals surface area contributed by atoms with E-state index in [1.165, 1.54) is 23.2 Å². The zero-order valence-electron chi connectivity index (χ0n) is 19.0. The molecule has 1 N–H and O–H groups in total. The third-order valence-corrected chi connectivity index (χ3v) is 5.41. The molecule has 3 heterocycles. The van der Waals surface area contributed by atoms with Gasteiger partial charge in [0.1, 0.15) is 17.2 Å². The predicted octanol–water partition coefficient (Wildman–Crippen LogP) is 3.57. The molecule has 0 aliphatic carbocycles. The van der Waals surface area contributed by atoms with E-state index in [4.69, 9.17) is 14.6 Å². The van der Waals surface area contributed by atoms with Crippen LogP contribution in [0.15, 0.2) is 36.5 Å². The molecule has 2 aromatic rings. The Hall–Kier alpha value is -3.89. The first-order valence-electron chi connectivity index (χ1n) is 10.7. The zero-order chi connectivity index (χ0) is 24.6. The Morgan fingerprint density at radius 3 is 2.53 bits per heavy atom. The third-order valence-electron chi connectivity index (χ3n) is 5.41. The van der Waals surface area contributed by atoms with Gasteiger partial charge in [0.15, 0.2) is 11.6 Å². The molecule has 2 aliphatic heterocycles. The Labute approximate surface area is 195 Å². The maximum absolute atomic E-state index is 14.1. The summed E-state index contributed by atoms with van der Waals surface area (Å²) in [4.78, 5) is 45.4. The van der Waals surface area contributed by atoms with Gasteiger partial charge in [-0.15, -0.1) is 0 Å². The van der Waals surface area contributed by atoms with E-state index < -0.39 is 23.5 Å². The minimum absolute atomic E-state index is 0.142. The Kier molecular flexibility index (Phi) is 6.03. The van der Waals surface area contributed by atoms with Gasteiger partial charge in [0, 0.05) is 19.6 Å². The average Bonchev–Trinajstić information content (AvgIpc) is 3.10. The van der Waals surface area contributed by atoms with Crippen molar-refractivity contribution in [3.05, 3.63) is 47.9 Å².